The maximum Gasteiger partial charge on any atom is 0.00948 e. The highest BCUT2D eigenvalue weighted by Gasteiger charge is 2.70. The first-order chi connectivity index (χ1) is 13.1. The van der Waals surface area contributed by atoms with Crippen LogP contribution in [0.2, 0.25) is 0 Å². The molecule has 28 heavy (non-hydrogen) atoms. The topological polar surface area (TPSA) is 23.9 Å². The van der Waals surface area contributed by atoms with Gasteiger partial charge in [0.1, 0.15) is 0 Å². The zero-order chi connectivity index (χ0) is 20.5. The summed E-state index contributed by atoms with van der Waals surface area (Å²) in [7, 11) is 0. The van der Waals surface area contributed by atoms with E-state index in [1.165, 1.54) is 56.9 Å². The molecule has 0 amide bonds. The van der Waals surface area contributed by atoms with Gasteiger partial charge >= 0.3 is 0 Å². The van der Waals surface area contributed by atoms with Gasteiger partial charge in [-0.2, -0.15) is 0 Å². The van der Waals surface area contributed by atoms with E-state index in [0.717, 1.165) is 24.0 Å². The summed E-state index contributed by atoms with van der Waals surface area (Å²) in [5, 5.41) is 8.53. The lowest BCUT2D eigenvalue weighted by molar-refractivity contribution is -0.149. The number of fused-ring (bicyclic) bond motifs is 5. The lowest BCUT2D eigenvalue weighted by atomic mass is 9.37. The van der Waals surface area contributed by atoms with Gasteiger partial charge in [0.2, 0.25) is 0 Å². The maximum absolute atomic E-state index is 8.53. The summed E-state index contributed by atoms with van der Waals surface area (Å²) >= 11 is 0. The van der Waals surface area contributed by atoms with E-state index in [9.17, 15) is 0 Å². The van der Waals surface area contributed by atoms with Crippen LogP contribution in [-0.4, -0.2) is 5.71 Å². The van der Waals surface area contributed by atoms with Gasteiger partial charge in [0, 0.05) is 17.0 Å². The van der Waals surface area contributed by atoms with Crippen molar-refractivity contribution in [2.75, 3.05) is 0 Å². The van der Waals surface area contributed by atoms with Crippen LogP contribution in [-0.2, 0) is 0 Å². The van der Waals surface area contributed by atoms with Gasteiger partial charge in [0.15, 0.2) is 0 Å². The van der Waals surface area contributed by atoms with Gasteiger partial charge in [-0.05, 0) is 92.3 Å². The Morgan fingerprint density at radius 3 is 2.32 bits per heavy atom. The minimum absolute atomic E-state index is 0.116. The fourth-order valence-corrected chi connectivity index (χ4v) is 9.31. The van der Waals surface area contributed by atoms with Gasteiger partial charge in [-0.3, -0.25) is 0 Å². The SMILES string of the molecule is C=C[C@@]12CC[C@H](C(C)=N)[C@@]1(C)CC[C@@]1(C)[C@@H]2C(=C)CC[C@@H]2CC(C)CC[C@@]21C. The van der Waals surface area contributed by atoms with Gasteiger partial charge in [0.25, 0.3) is 0 Å². The molecule has 4 aliphatic rings. The summed E-state index contributed by atoms with van der Waals surface area (Å²) < 4.78 is 0. The molecule has 1 nitrogen and oxygen atoms in total. The molecule has 8 atom stereocenters. The average Bonchev–Trinajstić information content (AvgIpc) is 2.91. The zero-order valence-electron chi connectivity index (χ0n) is 19.2. The van der Waals surface area contributed by atoms with E-state index in [1.807, 2.05) is 6.92 Å². The van der Waals surface area contributed by atoms with Crippen molar-refractivity contribution in [3.05, 3.63) is 24.8 Å². The van der Waals surface area contributed by atoms with Crippen LogP contribution < -0.4 is 0 Å². The van der Waals surface area contributed by atoms with Crippen LogP contribution in [0.5, 0.6) is 0 Å². The second-order valence-electron chi connectivity index (χ2n) is 12.0. The molecule has 0 aromatic rings. The third-order valence-electron chi connectivity index (χ3n) is 11.2. The summed E-state index contributed by atoms with van der Waals surface area (Å²) in [5.74, 6) is 2.67. The van der Waals surface area contributed by atoms with E-state index in [2.05, 4.69) is 40.3 Å². The second-order valence-corrected chi connectivity index (χ2v) is 12.0. The van der Waals surface area contributed by atoms with Crippen molar-refractivity contribution in [1.29, 1.82) is 5.41 Å². The van der Waals surface area contributed by atoms with E-state index >= 15 is 0 Å². The van der Waals surface area contributed by atoms with Crippen molar-refractivity contribution in [2.45, 2.75) is 92.4 Å². The highest BCUT2D eigenvalue weighted by atomic mass is 14.7. The molecule has 4 fully saturated rings. The number of hydrogen-bond donors (Lipinski definition) is 1. The Balaban J connectivity index is 1.87. The number of hydrogen-bond acceptors (Lipinski definition) is 1. The molecule has 4 aliphatic carbocycles. The van der Waals surface area contributed by atoms with Gasteiger partial charge in [-0.1, -0.05) is 52.3 Å². The Morgan fingerprint density at radius 1 is 1.00 bits per heavy atom. The van der Waals surface area contributed by atoms with Crippen molar-refractivity contribution < 1.29 is 0 Å². The van der Waals surface area contributed by atoms with Gasteiger partial charge in [0.05, 0.1) is 0 Å². The lowest BCUT2D eigenvalue weighted by Crippen LogP contribution is -2.60. The van der Waals surface area contributed by atoms with Crippen molar-refractivity contribution in [2.24, 2.45) is 45.3 Å². The molecule has 0 spiro atoms. The van der Waals surface area contributed by atoms with Gasteiger partial charge in [-0.25, -0.2) is 0 Å². The third kappa shape index (κ3) is 2.28. The predicted molar refractivity (Wildman–Crippen MR) is 121 cm³/mol. The van der Waals surface area contributed by atoms with Gasteiger partial charge < -0.3 is 5.41 Å². The molecule has 1 heteroatoms. The number of rotatable bonds is 2. The number of allylic oxidation sites excluding steroid dienone is 2. The fraction of sp³-hybridized carbons (Fsp3) is 0.815. The van der Waals surface area contributed by atoms with Crippen LogP contribution >= 0.6 is 0 Å². The van der Waals surface area contributed by atoms with E-state index in [4.69, 9.17) is 12.0 Å². The van der Waals surface area contributed by atoms with E-state index in [1.54, 1.807) is 0 Å². The molecule has 0 heterocycles. The Morgan fingerprint density at radius 2 is 1.68 bits per heavy atom. The van der Waals surface area contributed by atoms with E-state index < -0.39 is 0 Å². The summed E-state index contributed by atoms with van der Waals surface area (Å²) in [4.78, 5) is 0. The highest BCUT2D eigenvalue weighted by molar-refractivity contribution is 5.82. The minimum atomic E-state index is 0.116. The standard InChI is InChI=1S/C27H43N/c1-8-27-14-12-22(20(4)28)25(27,6)15-16-26(7)23(27)19(3)9-10-21-17-18(2)11-13-24(21,26)5/h8,18,21-23,28H,1,3,9-17H2,2,4-7H3/t18?,21-,22-,23+,24+,25-,26+,27+/m1/s1. The second kappa shape index (κ2) is 6.32. The first kappa shape index (κ1) is 20.4. The molecule has 1 N–H and O–H groups in total. The Bertz CT molecular complexity index is 705. The number of nitrogens with one attached hydrogen (secondary N) is 1. The van der Waals surface area contributed by atoms with Crippen LogP contribution in [0, 0.1) is 50.7 Å². The van der Waals surface area contributed by atoms with Crippen LogP contribution in [0.25, 0.3) is 0 Å². The lowest BCUT2D eigenvalue weighted by Gasteiger charge is -2.66. The van der Waals surface area contributed by atoms with Crippen LogP contribution in [0.4, 0.5) is 0 Å². The first-order valence-electron chi connectivity index (χ1n) is 11.9. The summed E-state index contributed by atoms with van der Waals surface area (Å²) in [6.07, 6.45) is 14.0. The summed E-state index contributed by atoms with van der Waals surface area (Å²) in [6, 6.07) is 0. The van der Waals surface area contributed by atoms with E-state index in [-0.39, 0.29) is 10.8 Å². The van der Waals surface area contributed by atoms with Crippen LogP contribution in [0.15, 0.2) is 24.8 Å². The largest absolute Gasteiger partial charge is 0.310 e. The molecule has 0 aromatic heterocycles. The molecular formula is C27H43N. The minimum Gasteiger partial charge on any atom is -0.310 e. The molecule has 4 saturated carbocycles. The Kier molecular flexibility index (Phi) is 4.61. The van der Waals surface area contributed by atoms with Crippen molar-refractivity contribution in [3.63, 3.8) is 0 Å². The molecule has 0 radical (unpaired) electrons. The van der Waals surface area contributed by atoms with Crippen molar-refractivity contribution in [1.82, 2.24) is 0 Å². The normalized spacial score (nSPS) is 53.5. The molecule has 0 aliphatic heterocycles. The third-order valence-corrected chi connectivity index (χ3v) is 11.2. The maximum atomic E-state index is 8.53. The molecule has 4 rings (SSSR count). The predicted octanol–water partition coefficient (Wildman–Crippen LogP) is 7.82. The zero-order valence-corrected chi connectivity index (χ0v) is 19.2. The van der Waals surface area contributed by atoms with Crippen LogP contribution in [0.1, 0.15) is 92.4 Å². The Labute approximate surface area is 174 Å². The molecule has 0 aromatic carbocycles. The quantitative estimate of drug-likeness (QED) is 0.372. The molecule has 1 unspecified atom stereocenters. The summed E-state index contributed by atoms with van der Waals surface area (Å²) in [6.45, 7) is 21.6. The van der Waals surface area contributed by atoms with Gasteiger partial charge in [-0.15, -0.1) is 6.58 Å². The summed E-state index contributed by atoms with van der Waals surface area (Å²) in [5.41, 5.74) is 3.42. The smallest absolute Gasteiger partial charge is 0.00948 e. The van der Waals surface area contributed by atoms with Crippen molar-refractivity contribution >= 4 is 5.71 Å². The van der Waals surface area contributed by atoms with Crippen LogP contribution in [0.3, 0.4) is 0 Å². The fourth-order valence-electron chi connectivity index (χ4n) is 9.31. The Hall–Kier alpha value is -0.850. The highest BCUT2D eigenvalue weighted by Crippen LogP contribution is 2.77. The van der Waals surface area contributed by atoms with Crippen molar-refractivity contribution in [3.8, 4) is 0 Å². The molecule has 156 valence electrons. The first-order valence-corrected chi connectivity index (χ1v) is 11.9. The molecule has 0 bridgehead atoms. The molecule has 0 saturated heterocycles. The monoisotopic (exact) mass is 381 g/mol. The average molecular weight is 382 g/mol. The van der Waals surface area contributed by atoms with E-state index in [0.29, 0.717) is 22.7 Å². The molecular weight excluding hydrogens is 338 g/mol.